The average molecular weight is 307 g/mol. The van der Waals surface area contributed by atoms with E-state index < -0.39 is 0 Å². The third-order valence-corrected chi connectivity index (χ3v) is 7.44. The van der Waals surface area contributed by atoms with Gasteiger partial charge in [-0.15, -0.1) is 0 Å². The zero-order valence-corrected chi connectivity index (χ0v) is 14.5. The third-order valence-electron chi connectivity index (χ3n) is 7.44. The summed E-state index contributed by atoms with van der Waals surface area (Å²) in [5.74, 6) is 5.30. The Hall–Kier alpha value is -0.0800. The third kappa shape index (κ3) is 3.53. The lowest BCUT2D eigenvalue weighted by Crippen LogP contribution is -2.47. The summed E-state index contributed by atoms with van der Waals surface area (Å²) in [7, 11) is 0. The van der Waals surface area contributed by atoms with E-state index in [0.29, 0.717) is 0 Å². The van der Waals surface area contributed by atoms with Gasteiger partial charge in [0.1, 0.15) is 0 Å². The fourth-order valence-electron chi connectivity index (χ4n) is 6.43. The molecule has 2 heteroatoms. The molecule has 0 heterocycles. The van der Waals surface area contributed by atoms with Gasteiger partial charge >= 0.3 is 0 Å². The highest BCUT2D eigenvalue weighted by atomic mass is 14.6. The molecule has 0 bridgehead atoms. The average Bonchev–Trinajstić information content (AvgIpc) is 2.61. The maximum Gasteiger partial charge on any atom is -0.00460 e. The van der Waals surface area contributed by atoms with E-state index >= 15 is 0 Å². The minimum Gasteiger partial charge on any atom is -0.330 e. The van der Waals surface area contributed by atoms with Gasteiger partial charge in [0.25, 0.3) is 0 Å². The van der Waals surface area contributed by atoms with Crippen molar-refractivity contribution < 1.29 is 0 Å². The van der Waals surface area contributed by atoms with Gasteiger partial charge < -0.3 is 11.5 Å². The van der Waals surface area contributed by atoms with Crippen molar-refractivity contribution in [2.45, 2.75) is 77.0 Å². The summed E-state index contributed by atoms with van der Waals surface area (Å²) in [6.07, 6.45) is 17.4. The maximum absolute atomic E-state index is 6.25. The van der Waals surface area contributed by atoms with Gasteiger partial charge in [0.05, 0.1) is 0 Å². The second-order valence-corrected chi connectivity index (χ2v) is 8.52. The van der Waals surface area contributed by atoms with Crippen molar-refractivity contribution in [3.05, 3.63) is 0 Å². The van der Waals surface area contributed by atoms with Crippen molar-refractivity contribution in [1.29, 1.82) is 0 Å². The predicted molar refractivity (Wildman–Crippen MR) is 94.5 cm³/mol. The SMILES string of the molecule is NCC1CCC(CN)C(C2CCCCC2)C1C1CCCCC1. The van der Waals surface area contributed by atoms with Crippen LogP contribution in [0, 0.1) is 35.5 Å². The molecule has 0 aromatic carbocycles. The van der Waals surface area contributed by atoms with Gasteiger partial charge in [-0.1, -0.05) is 64.2 Å². The highest BCUT2D eigenvalue weighted by Crippen LogP contribution is 2.51. The lowest BCUT2D eigenvalue weighted by Gasteiger charge is -2.51. The molecule has 2 nitrogen and oxygen atoms in total. The smallest absolute Gasteiger partial charge is 0.00460 e. The summed E-state index contributed by atoms with van der Waals surface area (Å²) in [4.78, 5) is 0. The molecule has 128 valence electrons. The topological polar surface area (TPSA) is 52.0 Å². The Kier molecular flexibility index (Phi) is 6.21. The van der Waals surface area contributed by atoms with Crippen LogP contribution in [0.25, 0.3) is 0 Å². The lowest BCUT2D eigenvalue weighted by atomic mass is 9.55. The van der Waals surface area contributed by atoms with Gasteiger partial charge in [-0.25, -0.2) is 0 Å². The van der Waals surface area contributed by atoms with Gasteiger partial charge in [0.2, 0.25) is 0 Å². The van der Waals surface area contributed by atoms with Crippen LogP contribution in [0.15, 0.2) is 0 Å². The molecule has 4 unspecified atom stereocenters. The molecular weight excluding hydrogens is 268 g/mol. The summed E-state index contributed by atoms with van der Waals surface area (Å²) in [5.41, 5.74) is 12.5. The largest absolute Gasteiger partial charge is 0.330 e. The van der Waals surface area contributed by atoms with Crippen LogP contribution in [0.1, 0.15) is 77.0 Å². The van der Waals surface area contributed by atoms with Gasteiger partial charge in [-0.05, 0) is 61.4 Å². The van der Waals surface area contributed by atoms with E-state index in [2.05, 4.69) is 0 Å². The molecule has 0 aromatic heterocycles. The number of hydrogen-bond donors (Lipinski definition) is 2. The molecule has 3 aliphatic rings. The summed E-state index contributed by atoms with van der Waals surface area (Å²) in [6, 6.07) is 0. The van der Waals surface area contributed by atoms with Gasteiger partial charge in [0.15, 0.2) is 0 Å². The number of hydrogen-bond acceptors (Lipinski definition) is 2. The molecule has 4 atom stereocenters. The van der Waals surface area contributed by atoms with Crippen LogP contribution in [-0.4, -0.2) is 13.1 Å². The van der Waals surface area contributed by atoms with Gasteiger partial charge in [-0.3, -0.25) is 0 Å². The van der Waals surface area contributed by atoms with Crippen LogP contribution >= 0.6 is 0 Å². The van der Waals surface area contributed by atoms with Crippen molar-refractivity contribution in [1.82, 2.24) is 0 Å². The molecule has 0 aliphatic heterocycles. The van der Waals surface area contributed by atoms with Crippen LogP contribution in [0.2, 0.25) is 0 Å². The van der Waals surface area contributed by atoms with Crippen molar-refractivity contribution in [2.24, 2.45) is 47.0 Å². The zero-order valence-electron chi connectivity index (χ0n) is 14.5. The van der Waals surface area contributed by atoms with Crippen molar-refractivity contribution in [3.63, 3.8) is 0 Å². The minimum absolute atomic E-state index is 0.790. The molecule has 0 radical (unpaired) electrons. The molecule has 0 amide bonds. The van der Waals surface area contributed by atoms with Crippen LogP contribution in [0.3, 0.4) is 0 Å². The van der Waals surface area contributed by atoms with Gasteiger partial charge in [-0.2, -0.15) is 0 Å². The molecule has 0 spiro atoms. The Morgan fingerprint density at radius 2 is 0.864 bits per heavy atom. The highest BCUT2D eigenvalue weighted by molar-refractivity contribution is 4.95. The Morgan fingerprint density at radius 3 is 1.18 bits per heavy atom. The zero-order chi connectivity index (χ0) is 15.4. The molecule has 3 aliphatic carbocycles. The highest BCUT2D eigenvalue weighted by Gasteiger charge is 2.45. The Morgan fingerprint density at radius 1 is 0.500 bits per heavy atom. The molecule has 3 saturated carbocycles. The first-order valence-electron chi connectivity index (χ1n) is 10.2. The fourth-order valence-corrected chi connectivity index (χ4v) is 6.43. The molecule has 3 rings (SSSR count). The van der Waals surface area contributed by atoms with E-state index in [1.54, 1.807) is 0 Å². The number of nitrogens with two attached hydrogens (primary N) is 2. The predicted octanol–water partition coefficient (Wildman–Crippen LogP) is 4.32. The lowest BCUT2D eigenvalue weighted by molar-refractivity contribution is -0.0112. The second-order valence-electron chi connectivity index (χ2n) is 8.52. The molecule has 0 saturated heterocycles. The van der Waals surface area contributed by atoms with E-state index in [4.69, 9.17) is 11.5 Å². The number of rotatable bonds is 4. The summed E-state index contributed by atoms with van der Waals surface area (Å²) >= 11 is 0. The molecule has 0 aromatic rings. The normalized spacial score (nSPS) is 39.0. The van der Waals surface area contributed by atoms with E-state index in [0.717, 1.165) is 48.6 Å². The van der Waals surface area contributed by atoms with Crippen molar-refractivity contribution in [3.8, 4) is 0 Å². The minimum atomic E-state index is 0.790. The van der Waals surface area contributed by atoms with E-state index in [1.807, 2.05) is 0 Å². The van der Waals surface area contributed by atoms with Crippen LogP contribution in [0.4, 0.5) is 0 Å². The van der Waals surface area contributed by atoms with Crippen LogP contribution < -0.4 is 11.5 Å². The van der Waals surface area contributed by atoms with Crippen LogP contribution in [-0.2, 0) is 0 Å². The Labute approximate surface area is 137 Å². The van der Waals surface area contributed by atoms with Crippen molar-refractivity contribution >= 4 is 0 Å². The first-order valence-corrected chi connectivity index (χ1v) is 10.2. The molecular formula is C20H38N2. The van der Waals surface area contributed by atoms with E-state index in [9.17, 15) is 0 Å². The quantitative estimate of drug-likeness (QED) is 0.812. The van der Waals surface area contributed by atoms with E-state index in [1.165, 1.54) is 77.0 Å². The monoisotopic (exact) mass is 306 g/mol. The van der Waals surface area contributed by atoms with Crippen molar-refractivity contribution in [2.75, 3.05) is 13.1 Å². The van der Waals surface area contributed by atoms with E-state index in [-0.39, 0.29) is 0 Å². The standard InChI is InChI=1S/C20H38N2/c21-13-17-11-12-18(14-22)20(16-9-5-2-6-10-16)19(17)15-7-3-1-4-8-15/h15-20H,1-14,21-22H2. The summed E-state index contributed by atoms with van der Waals surface area (Å²) < 4.78 is 0. The second kappa shape index (κ2) is 8.15. The molecule has 3 fully saturated rings. The molecule has 4 N–H and O–H groups in total. The maximum atomic E-state index is 6.25. The Bertz CT molecular complexity index is 286. The fraction of sp³-hybridized carbons (Fsp3) is 1.00. The van der Waals surface area contributed by atoms with Gasteiger partial charge in [0, 0.05) is 0 Å². The van der Waals surface area contributed by atoms with Crippen LogP contribution in [0.5, 0.6) is 0 Å². The molecule has 22 heavy (non-hydrogen) atoms. The Balaban J connectivity index is 1.82. The first kappa shape index (κ1) is 16.8. The first-order chi connectivity index (χ1) is 10.8. The summed E-state index contributed by atoms with van der Waals surface area (Å²) in [6.45, 7) is 1.84. The summed E-state index contributed by atoms with van der Waals surface area (Å²) in [5, 5.41) is 0.